The third-order valence-corrected chi connectivity index (χ3v) is 10.0. The summed E-state index contributed by atoms with van der Waals surface area (Å²) in [5, 5.41) is 1.12. The van der Waals surface area contributed by atoms with Crippen LogP contribution in [0.25, 0.3) is 44.4 Å². The summed E-state index contributed by atoms with van der Waals surface area (Å²) in [5.41, 5.74) is 14.5. The number of rotatable bonds is 2. The second kappa shape index (κ2) is 9.60. The van der Waals surface area contributed by atoms with Crippen molar-refractivity contribution in [3.05, 3.63) is 167 Å². The van der Waals surface area contributed by atoms with Gasteiger partial charge >= 0.3 is 0 Å². The second-order valence-electron chi connectivity index (χ2n) is 12.4. The van der Waals surface area contributed by atoms with Gasteiger partial charge < -0.3 is 4.74 Å². The first-order valence-electron chi connectivity index (χ1n) is 16.0. The third-order valence-electron chi connectivity index (χ3n) is 10.0. The Bertz CT molecular complexity index is 2360. The summed E-state index contributed by atoms with van der Waals surface area (Å²) in [6.45, 7) is 0. The van der Waals surface area contributed by atoms with Gasteiger partial charge in [-0.2, -0.15) is 0 Å². The minimum absolute atomic E-state index is 0.468. The topological polar surface area (TPSA) is 34.5 Å². The maximum Gasteiger partial charge on any atom is 0.140 e. The zero-order valence-corrected chi connectivity index (χ0v) is 25.1. The van der Waals surface area contributed by atoms with Gasteiger partial charge in [0.05, 0.1) is 22.3 Å². The van der Waals surface area contributed by atoms with Gasteiger partial charge in [0.2, 0.25) is 0 Å². The van der Waals surface area contributed by atoms with Crippen molar-refractivity contribution in [3.8, 4) is 45.0 Å². The van der Waals surface area contributed by atoms with Crippen molar-refractivity contribution in [2.24, 2.45) is 4.99 Å². The van der Waals surface area contributed by atoms with E-state index in [4.69, 9.17) is 14.7 Å². The molecule has 6 aromatic carbocycles. The number of pyridine rings is 1. The highest BCUT2D eigenvalue weighted by molar-refractivity contribution is 5.95. The Morgan fingerprint density at radius 1 is 0.543 bits per heavy atom. The molecule has 3 aliphatic rings. The van der Waals surface area contributed by atoms with Crippen molar-refractivity contribution in [3.63, 3.8) is 0 Å². The molecule has 3 nitrogen and oxygen atoms in total. The lowest BCUT2D eigenvalue weighted by Gasteiger charge is -2.40. The summed E-state index contributed by atoms with van der Waals surface area (Å²) in [5.74, 6) is 1.81. The molecule has 1 aliphatic carbocycles. The number of aryl methyl sites for hydroxylation is 1. The van der Waals surface area contributed by atoms with E-state index in [0.717, 1.165) is 63.3 Å². The fourth-order valence-electron chi connectivity index (χ4n) is 8.02. The monoisotopic (exact) mass is 588 g/mol. The van der Waals surface area contributed by atoms with E-state index in [1.54, 1.807) is 0 Å². The van der Waals surface area contributed by atoms with E-state index >= 15 is 0 Å². The average molecular weight is 589 g/mol. The smallest absolute Gasteiger partial charge is 0.140 e. The van der Waals surface area contributed by atoms with Gasteiger partial charge in [-0.15, -0.1) is 0 Å². The largest absolute Gasteiger partial charge is 0.456 e. The van der Waals surface area contributed by atoms with Crippen LogP contribution in [-0.4, -0.2) is 11.2 Å². The lowest BCUT2D eigenvalue weighted by atomic mass is 9.65. The number of ether oxygens (including phenoxy) is 1. The number of fused-ring (bicyclic) bond motifs is 12. The summed E-state index contributed by atoms with van der Waals surface area (Å²) >= 11 is 0. The fraction of sp³-hybridized carbons (Fsp3) is 0.0698. The van der Waals surface area contributed by atoms with E-state index in [9.17, 15) is 0 Å². The molecule has 0 saturated carbocycles. The number of aromatic nitrogens is 1. The van der Waals surface area contributed by atoms with Crippen molar-refractivity contribution < 1.29 is 4.74 Å². The van der Waals surface area contributed by atoms with E-state index in [-0.39, 0.29) is 0 Å². The van der Waals surface area contributed by atoms with Gasteiger partial charge in [-0.05, 0) is 58.4 Å². The lowest BCUT2D eigenvalue weighted by Crippen LogP contribution is -2.32. The Morgan fingerprint density at radius 2 is 1.20 bits per heavy atom. The van der Waals surface area contributed by atoms with Crippen molar-refractivity contribution in [2.75, 3.05) is 0 Å². The molecule has 0 atom stereocenters. The molecule has 46 heavy (non-hydrogen) atoms. The molecule has 7 aromatic rings. The average Bonchev–Trinajstić information content (AvgIpc) is 3.42. The van der Waals surface area contributed by atoms with Crippen LogP contribution in [0, 0.1) is 0 Å². The van der Waals surface area contributed by atoms with Gasteiger partial charge in [0.1, 0.15) is 11.5 Å². The molecule has 0 amide bonds. The molecule has 3 heterocycles. The minimum atomic E-state index is -0.468. The van der Waals surface area contributed by atoms with Gasteiger partial charge in [0.15, 0.2) is 0 Å². The van der Waals surface area contributed by atoms with E-state index < -0.39 is 5.41 Å². The predicted octanol–water partition coefficient (Wildman–Crippen LogP) is 10.7. The number of hydrogen-bond donors (Lipinski definition) is 0. The zero-order valence-electron chi connectivity index (χ0n) is 25.1. The number of benzene rings is 6. The number of aliphatic imine (C=N–C) groups is 1. The highest BCUT2D eigenvalue weighted by Gasteiger charge is 2.51. The molecule has 1 spiro atoms. The van der Waals surface area contributed by atoms with E-state index in [0.29, 0.717) is 0 Å². The van der Waals surface area contributed by atoms with Crippen LogP contribution in [-0.2, 0) is 11.8 Å². The van der Waals surface area contributed by atoms with Gasteiger partial charge in [0, 0.05) is 33.9 Å². The van der Waals surface area contributed by atoms with E-state index in [2.05, 4.69) is 140 Å². The molecule has 0 unspecified atom stereocenters. The summed E-state index contributed by atoms with van der Waals surface area (Å²) in [7, 11) is 0. The maximum absolute atomic E-state index is 6.87. The van der Waals surface area contributed by atoms with Crippen LogP contribution in [0.2, 0.25) is 0 Å². The summed E-state index contributed by atoms with van der Waals surface area (Å²) in [4.78, 5) is 9.83. The third kappa shape index (κ3) is 3.43. The Labute approximate surface area is 267 Å². The lowest BCUT2D eigenvalue weighted by molar-refractivity contribution is 0.438. The molecule has 0 radical (unpaired) electrons. The summed E-state index contributed by atoms with van der Waals surface area (Å²) < 4.78 is 6.87. The van der Waals surface area contributed by atoms with Crippen molar-refractivity contribution >= 4 is 22.8 Å². The van der Waals surface area contributed by atoms with Crippen molar-refractivity contribution in [1.82, 2.24) is 4.98 Å². The molecular weight excluding hydrogens is 560 g/mol. The molecule has 3 heteroatoms. The maximum atomic E-state index is 6.87. The van der Waals surface area contributed by atoms with Crippen LogP contribution in [0.1, 0.15) is 34.2 Å². The van der Waals surface area contributed by atoms with Gasteiger partial charge in [-0.1, -0.05) is 127 Å². The quantitative estimate of drug-likeness (QED) is 0.201. The minimum Gasteiger partial charge on any atom is -0.456 e. The first-order chi connectivity index (χ1) is 22.8. The number of hydrogen-bond acceptors (Lipinski definition) is 3. The molecule has 1 aromatic heterocycles. The Balaban J connectivity index is 1.14. The standard InChI is InChI=1S/C43H28N2O/c1-3-13-34-32(10-1)33-11-2-4-14-35(33)43(34)36-15-5-6-17-39(36)46-42-31(12-7-16-37(42)43)27-18-20-28(21-19-27)38-25-24-30-23-22-29-9-8-26-44-40(29)41(30)45-38/h1-7,10-26H,8-9H2. The van der Waals surface area contributed by atoms with Crippen molar-refractivity contribution in [1.29, 1.82) is 0 Å². The first-order valence-corrected chi connectivity index (χ1v) is 16.0. The Hall–Kier alpha value is -5.80. The molecule has 10 rings (SSSR count). The fourth-order valence-corrected chi connectivity index (χ4v) is 8.02. The highest BCUT2D eigenvalue weighted by Crippen LogP contribution is 2.63. The molecule has 0 bridgehead atoms. The molecule has 0 fully saturated rings. The van der Waals surface area contributed by atoms with Gasteiger partial charge in [-0.25, -0.2) is 4.98 Å². The Morgan fingerprint density at radius 3 is 2.00 bits per heavy atom. The van der Waals surface area contributed by atoms with Crippen LogP contribution in [0.5, 0.6) is 11.5 Å². The molecule has 216 valence electrons. The molecular formula is C43H28N2O. The van der Waals surface area contributed by atoms with Crippen LogP contribution < -0.4 is 4.74 Å². The first kappa shape index (κ1) is 25.5. The highest BCUT2D eigenvalue weighted by atomic mass is 16.5. The normalized spacial score (nSPS) is 14.6. The predicted molar refractivity (Wildman–Crippen MR) is 186 cm³/mol. The number of nitrogens with zero attached hydrogens (tertiary/aromatic N) is 2. The summed E-state index contributed by atoms with van der Waals surface area (Å²) in [6.07, 6.45) is 4.01. The molecule has 2 aliphatic heterocycles. The summed E-state index contributed by atoms with van der Waals surface area (Å²) in [6, 6.07) is 50.2. The van der Waals surface area contributed by atoms with Gasteiger partial charge in [0.25, 0.3) is 0 Å². The van der Waals surface area contributed by atoms with Crippen LogP contribution in [0.4, 0.5) is 5.69 Å². The SMILES string of the molecule is C1=Nc2c(ccc3ccc(-c4ccc(-c5cccc6c5Oc5ccccc5C65c6ccccc6-c6ccccc65)cc4)nc23)CC1. The zero-order chi connectivity index (χ0) is 30.2. The van der Waals surface area contributed by atoms with Crippen LogP contribution in [0.15, 0.2) is 145 Å². The van der Waals surface area contributed by atoms with E-state index in [1.807, 2.05) is 6.21 Å². The van der Waals surface area contributed by atoms with Crippen molar-refractivity contribution in [2.45, 2.75) is 18.3 Å². The number of para-hydroxylation sites is 2. The Kier molecular flexibility index (Phi) is 5.32. The van der Waals surface area contributed by atoms with Crippen LogP contribution in [0.3, 0.4) is 0 Å². The second-order valence-corrected chi connectivity index (χ2v) is 12.4. The molecule has 0 saturated heterocycles. The van der Waals surface area contributed by atoms with E-state index in [1.165, 1.54) is 38.9 Å². The van der Waals surface area contributed by atoms with Crippen LogP contribution >= 0.6 is 0 Å². The van der Waals surface area contributed by atoms with Gasteiger partial charge in [-0.3, -0.25) is 4.99 Å². The molecule has 0 N–H and O–H groups in total.